The molecule has 0 aliphatic rings. The SMILES string of the molecule is CCCc1nc(SC)[nH]c(=O)c1I. The predicted octanol–water partition coefficient (Wildman–Crippen LogP) is 2.05. The fourth-order valence-electron chi connectivity index (χ4n) is 0.982. The first-order valence-corrected chi connectivity index (χ1v) is 6.32. The van der Waals surface area contributed by atoms with Gasteiger partial charge in [0.25, 0.3) is 5.56 Å². The van der Waals surface area contributed by atoms with Crippen LogP contribution < -0.4 is 5.56 Å². The number of aromatic amines is 1. The Morgan fingerprint density at radius 3 is 2.85 bits per heavy atom. The maximum absolute atomic E-state index is 11.4. The summed E-state index contributed by atoms with van der Waals surface area (Å²) in [4.78, 5) is 18.4. The van der Waals surface area contributed by atoms with Gasteiger partial charge < -0.3 is 4.98 Å². The fourth-order valence-corrected chi connectivity index (χ4v) is 1.90. The van der Waals surface area contributed by atoms with Gasteiger partial charge in [-0.05, 0) is 35.3 Å². The van der Waals surface area contributed by atoms with Crippen molar-refractivity contribution in [1.29, 1.82) is 0 Å². The van der Waals surface area contributed by atoms with Crippen LogP contribution in [0.5, 0.6) is 0 Å². The Morgan fingerprint density at radius 1 is 1.62 bits per heavy atom. The topological polar surface area (TPSA) is 45.8 Å². The highest BCUT2D eigenvalue weighted by Crippen LogP contribution is 2.11. The van der Waals surface area contributed by atoms with Gasteiger partial charge in [0, 0.05) is 0 Å². The summed E-state index contributed by atoms with van der Waals surface area (Å²) in [5.74, 6) is 0. The van der Waals surface area contributed by atoms with E-state index in [9.17, 15) is 4.79 Å². The third-order valence-electron chi connectivity index (χ3n) is 1.59. The van der Waals surface area contributed by atoms with E-state index in [0.29, 0.717) is 5.16 Å². The Balaban J connectivity index is 3.17. The number of hydrogen-bond donors (Lipinski definition) is 1. The molecule has 0 aliphatic carbocycles. The summed E-state index contributed by atoms with van der Waals surface area (Å²) in [6.45, 7) is 2.08. The molecule has 13 heavy (non-hydrogen) atoms. The van der Waals surface area contributed by atoms with Crippen molar-refractivity contribution >= 4 is 34.4 Å². The van der Waals surface area contributed by atoms with Crippen LogP contribution in [0.3, 0.4) is 0 Å². The maximum Gasteiger partial charge on any atom is 0.265 e. The number of hydrogen-bond acceptors (Lipinski definition) is 3. The Morgan fingerprint density at radius 2 is 2.31 bits per heavy atom. The first-order valence-electron chi connectivity index (χ1n) is 4.01. The highest BCUT2D eigenvalue weighted by atomic mass is 127. The highest BCUT2D eigenvalue weighted by molar-refractivity contribution is 14.1. The largest absolute Gasteiger partial charge is 0.301 e. The molecule has 0 aromatic carbocycles. The van der Waals surface area contributed by atoms with Crippen LogP contribution in [0, 0.1) is 3.57 Å². The van der Waals surface area contributed by atoms with E-state index in [1.165, 1.54) is 11.8 Å². The van der Waals surface area contributed by atoms with Crippen LogP contribution >= 0.6 is 34.4 Å². The molecule has 0 spiro atoms. The molecule has 1 N–H and O–H groups in total. The first-order chi connectivity index (χ1) is 6.19. The summed E-state index contributed by atoms with van der Waals surface area (Å²) < 4.78 is 0.720. The van der Waals surface area contributed by atoms with E-state index in [2.05, 4.69) is 16.9 Å². The van der Waals surface area contributed by atoms with Gasteiger partial charge >= 0.3 is 0 Å². The third-order valence-corrected chi connectivity index (χ3v) is 3.28. The number of aryl methyl sites for hydroxylation is 1. The average molecular weight is 310 g/mol. The molecule has 0 saturated carbocycles. The van der Waals surface area contributed by atoms with Crippen molar-refractivity contribution in [1.82, 2.24) is 9.97 Å². The normalized spacial score (nSPS) is 10.4. The van der Waals surface area contributed by atoms with Crippen LogP contribution in [0.4, 0.5) is 0 Å². The summed E-state index contributed by atoms with van der Waals surface area (Å²) in [7, 11) is 0. The Kier molecular flexibility index (Phi) is 4.24. The summed E-state index contributed by atoms with van der Waals surface area (Å²) >= 11 is 3.51. The number of rotatable bonds is 3. The third kappa shape index (κ3) is 2.70. The second-order valence-corrected chi connectivity index (χ2v) is 4.46. The molecule has 0 bridgehead atoms. The number of H-pyrrole nitrogens is 1. The summed E-state index contributed by atoms with van der Waals surface area (Å²) in [6, 6.07) is 0. The van der Waals surface area contributed by atoms with Gasteiger partial charge in [-0.25, -0.2) is 4.98 Å². The van der Waals surface area contributed by atoms with E-state index in [-0.39, 0.29) is 5.56 Å². The van der Waals surface area contributed by atoms with Crippen molar-refractivity contribution in [2.24, 2.45) is 0 Å². The molecule has 5 heteroatoms. The van der Waals surface area contributed by atoms with E-state index in [1.54, 1.807) is 0 Å². The van der Waals surface area contributed by atoms with Crippen molar-refractivity contribution < 1.29 is 0 Å². The molecular formula is C8H11IN2OS. The van der Waals surface area contributed by atoms with Gasteiger partial charge in [-0.2, -0.15) is 0 Å². The van der Waals surface area contributed by atoms with Gasteiger partial charge in [-0.3, -0.25) is 4.79 Å². The van der Waals surface area contributed by atoms with Crippen LogP contribution in [-0.2, 0) is 6.42 Å². The molecule has 0 amide bonds. The molecule has 0 saturated heterocycles. The van der Waals surface area contributed by atoms with Gasteiger partial charge in [0.2, 0.25) is 0 Å². The van der Waals surface area contributed by atoms with Crippen molar-refractivity contribution in [3.63, 3.8) is 0 Å². The summed E-state index contributed by atoms with van der Waals surface area (Å²) in [6.07, 6.45) is 3.79. The molecular weight excluding hydrogens is 299 g/mol. The summed E-state index contributed by atoms with van der Waals surface area (Å²) in [5.41, 5.74) is 0.889. The van der Waals surface area contributed by atoms with Crippen molar-refractivity contribution in [2.75, 3.05) is 6.26 Å². The number of aromatic nitrogens is 2. The number of nitrogens with zero attached hydrogens (tertiary/aromatic N) is 1. The average Bonchev–Trinajstić information content (AvgIpc) is 2.13. The Bertz CT molecular complexity index is 350. The van der Waals surface area contributed by atoms with Crippen molar-refractivity contribution in [2.45, 2.75) is 24.9 Å². The second kappa shape index (κ2) is 4.99. The first kappa shape index (κ1) is 11.0. The standard InChI is InChI=1S/C8H11IN2OS/c1-3-4-5-6(9)7(12)11-8(10-5)13-2/h3-4H2,1-2H3,(H,10,11,12). The van der Waals surface area contributed by atoms with Gasteiger partial charge in [0.1, 0.15) is 0 Å². The van der Waals surface area contributed by atoms with Crippen LogP contribution in [0.15, 0.2) is 9.95 Å². The lowest BCUT2D eigenvalue weighted by molar-refractivity contribution is 0.806. The molecule has 3 nitrogen and oxygen atoms in total. The van der Waals surface area contributed by atoms with E-state index >= 15 is 0 Å². The summed E-state index contributed by atoms with van der Waals surface area (Å²) in [5, 5.41) is 0.703. The lowest BCUT2D eigenvalue weighted by Gasteiger charge is -2.02. The van der Waals surface area contributed by atoms with Crippen LogP contribution in [0.2, 0.25) is 0 Å². The lowest BCUT2D eigenvalue weighted by atomic mass is 10.2. The Hall–Kier alpha value is -0.0400. The fraction of sp³-hybridized carbons (Fsp3) is 0.500. The smallest absolute Gasteiger partial charge is 0.265 e. The minimum atomic E-state index is -0.0246. The van der Waals surface area contributed by atoms with E-state index in [1.807, 2.05) is 28.8 Å². The number of thioether (sulfide) groups is 1. The van der Waals surface area contributed by atoms with Crippen molar-refractivity contribution in [3.8, 4) is 0 Å². The van der Waals surface area contributed by atoms with Gasteiger partial charge in [-0.15, -0.1) is 0 Å². The van der Waals surface area contributed by atoms with Crippen LogP contribution in [-0.4, -0.2) is 16.2 Å². The zero-order valence-corrected chi connectivity index (χ0v) is 10.5. The Labute approximate surface area is 94.9 Å². The molecule has 0 fully saturated rings. The quantitative estimate of drug-likeness (QED) is 0.528. The number of nitrogens with one attached hydrogen (secondary N) is 1. The molecule has 0 radical (unpaired) electrons. The zero-order valence-electron chi connectivity index (χ0n) is 7.56. The maximum atomic E-state index is 11.4. The molecule has 0 unspecified atom stereocenters. The van der Waals surface area contributed by atoms with Crippen LogP contribution in [0.25, 0.3) is 0 Å². The van der Waals surface area contributed by atoms with Crippen LogP contribution in [0.1, 0.15) is 19.0 Å². The van der Waals surface area contributed by atoms with E-state index < -0.39 is 0 Å². The second-order valence-electron chi connectivity index (χ2n) is 2.59. The highest BCUT2D eigenvalue weighted by Gasteiger charge is 2.06. The number of halogens is 1. The molecule has 1 aromatic heterocycles. The van der Waals surface area contributed by atoms with Crippen molar-refractivity contribution in [3.05, 3.63) is 19.6 Å². The lowest BCUT2D eigenvalue weighted by Crippen LogP contribution is -2.15. The van der Waals surface area contributed by atoms with Gasteiger partial charge in [0.15, 0.2) is 5.16 Å². The van der Waals surface area contributed by atoms with Gasteiger partial charge in [0.05, 0.1) is 9.26 Å². The molecule has 72 valence electrons. The predicted molar refractivity (Wildman–Crippen MR) is 63.4 cm³/mol. The molecule has 1 aromatic rings. The minimum Gasteiger partial charge on any atom is -0.301 e. The zero-order chi connectivity index (χ0) is 9.84. The molecule has 0 aliphatic heterocycles. The van der Waals surface area contributed by atoms with E-state index in [4.69, 9.17) is 0 Å². The van der Waals surface area contributed by atoms with E-state index in [0.717, 1.165) is 22.1 Å². The molecule has 1 heterocycles. The molecule has 1 rings (SSSR count). The van der Waals surface area contributed by atoms with Gasteiger partial charge in [-0.1, -0.05) is 25.1 Å². The minimum absolute atomic E-state index is 0.0246. The monoisotopic (exact) mass is 310 g/mol. The molecule has 0 atom stereocenters.